The fourth-order valence-corrected chi connectivity index (χ4v) is 3.82. The zero-order chi connectivity index (χ0) is 12.8. The Kier molecular flexibility index (Phi) is 2.53. The third-order valence-electron chi connectivity index (χ3n) is 3.30. The highest BCUT2D eigenvalue weighted by atomic mass is 28.3. The first kappa shape index (κ1) is 11.5. The van der Waals surface area contributed by atoms with Crippen molar-refractivity contribution in [3.63, 3.8) is 0 Å². The molecule has 2 aromatic carbocycles. The summed E-state index contributed by atoms with van der Waals surface area (Å²) in [5, 5.41) is 0. The summed E-state index contributed by atoms with van der Waals surface area (Å²) < 4.78 is 0. The van der Waals surface area contributed by atoms with Crippen molar-refractivity contribution >= 4 is 13.6 Å². The lowest BCUT2D eigenvalue weighted by atomic mass is 10.1. The van der Waals surface area contributed by atoms with Crippen molar-refractivity contribution in [1.82, 2.24) is 0 Å². The van der Waals surface area contributed by atoms with Gasteiger partial charge in [0.05, 0.1) is 8.07 Å². The summed E-state index contributed by atoms with van der Waals surface area (Å²) in [7, 11) is -1.22. The third kappa shape index (κ3) is 1.85. The lowest BCUT2D eigenvalue weighted by Crippen LogP contribution is -2.16. The second-order valence-electron chi connectivity index (χ2n) is 6.02. The minimum absolute atomic E-state index is 1.22. The van der Waals surface area contributed by atoms with Crippen LogP contribution in [0.1, 0.15) is 11.1 Å². The topological polar surface area (TPSA) is 0 Å². The Morgan fingerprint density at radius 3 is 1.44 bits per heavy atom. The molecule has 18 heavy (non-hydrogen) atoms. The summed E-state index contributed by atoms with van der Waals surface area (Å²) in [6.07, 6.45) is 0. The number of hydrogen-bond donors (Lipinski definition) is 0. The summed E-state index contributed by atoms with van der Waals surface area (Å²) in [6, 6.07) is 17.5. The van der Waals surface area contributed by atoms with Gasteiger partial charge in [-0.25, -0.2) is 0 Å². The number of fused-ring (bicyclic) bond motifs is 3. The quantitative estimate of drug-likeness (QED) is 0.535. The van der Waals surface area contributed by atoms with Crippen molar-refractivity contribution in [2.45, 2.75) is 19.6 Å². The van der Waals surface area contributed by atoms with Crippen molar-refractivity contribution in [3.8, 4) is 11.1 Å². The molecule has 0 amide bonds. The van der Waals surface area contributed by atoms with Gasteiger partial charge in [-0.2, -0.15) is 0 Å². The van der Waals surface area contributed by atoms with Crippen molar-refractivity contribution in [1.29, 1.82) is 0 Å². The molecule has 0 bridgehead atoms. The van der Waals surface area contributed by atoms with Crippen LogP contribution in [0.3, 0.4) is 0 Å². The molecule has 0 heterocycles. The highest BCUT2D eigenvalue weighted by Crippen LogP contribution is 2.44. The molecule has 0 atom stereocenters. The van der Waals surface area contributed by atoms with Gasteiger partial charge in [-0.1, -0.05) is 73.9 Å². The lowest BCUT2D eigenvalue weighted by Gasteiger charge is -2.12. The largest absolute Gasteiger partial charge is 0.0867 e. The van der Waals surface area contributed by atoms with E-state index in [9.17, 15) is 0 Å². The second-order valence-corrected chi connectivity index (χ2v) is 11.0. The zero-order valence-corrected chi connectivity index (χ0v) is 12.2. The van der Waals surface area contributed by atoms with Gasteiger partial charge >= 0.3 is 0 Å². The van der Waals surface area contributed by atoms with Crippen LogP contribution >= 0.6 is 0 Å². The molecule has 0 fully saturated rings. The molecular weight excluding hydrogens is 232 g/mol. The van der Waals surface area contributed by atoms with Crippen molar-refractivity contribution < 1.29 is 0 Å². The zero-order valence-electron chi connectivity index (χ0n) is 11.2. The van der Waals surface area contributed by atoms with Gasteiger partial charge in [0.2, 0.25) is 0 Å². The van der Waals surface area contributed by atoms with Gasteiger partial charge in [-0.15, -0.1) is 0 Å². The second kappa shape index (κ2) is 3.96. The maximum atomic E-state index is 2.53. The molecule has 0 saturated carbocycles. The van der Waals surface area contributed by atoms with E-state index in [4.69, 9.17) is 0 Å². The van der Waals surface area contributed by atoms with Crippen LogP contribution in [0.25, 0.3) is 16.7 Å². The van der Waals surface area contributed by atoms with E-state index in [0.717, 1.165) is 0 Å². The van der Waals surface area contributed by atoms with Crippen LogP contribution < -0.4 is 0 Å². The first-order valence-electron chi connectivity index (χ1n) is 6.48. The maximum absolute atomic E-state index is 2.53. The van der Waals surface area contributed by atoms with E-state index < -0.39 is 8.07 Å². The monoisotopic (exact) mass is 250 g/mol. The fourth-order valence-electron chi connectivity index (χ4n) is 2.64. The molecule has 90 valence electrons. The minimum atomic E-state index is -1.22. The van der Waals surface area contributed by atoms with Crippen LogP contribution in [-0.4, -0.2) is 8.07 Å². The van der Waals surface area contributed by atoms with E-state index in [1.165, 1.54) is 27.8 Å². The Morgan fingerprint density at radius 2 is 1.06 bits per heavy atom. The summed E-state index contributed by atoms with van der Waals surface area (Å²) >= 11 is 0. The maximum Gasteiger partial charge on any atom is 0.0695 e. The Balaban J connectivity index is 2.31. The Labute approximate surface area is 110 Å². The van der Waals surface area contributed by atoms with Gasteiger partial charge in [0.25, 0.3) is 0 Å². The van der Waals surface area contributed by atoms with E-state index >= 15 is 0 Å². The number of hydrogen-bond acceptors (Lipinski definition) is 0. The minimum Gasteiger partial charge on any atom is -0.0867 e. The van der Waals surface area contributed by atoms with E-state index in [1.807, 2.05) is 0 Å². The molecule has 0 N–H and O–H groups in total. The molecule has 0 saturated heterocycles. The van der Waals surface area contributed by atoms with Crippen molar-refractivity contribution in [3.05, 3.63) is 65.4 Å². The van der Waals surface area contributed by atoms with E-state index in [-0.39, 0.29) is 0 Å². The Morgan fingerprint density at radius 1 is 0.667 bits per heavy atom. The normalized spacial score (nSPS) is 13.2. The molecule has 1 aliphatic carbocycles. The van der Waals surface area contributed by atoms with Crippen molar-refractivity contribution in [2.24, 2.45) is 0 Å². The number of benzene rings is 2. The summed E-state index contributed by atoms with van der Waals surface area (Å²) in [6.45, 7) is 7.18. The van der Waals surface area contributed by atoms with Crippen LogP contribution in [0.2, 0.25) is 19.6 Å². The van der Waals surface area contributed by atoms with Crippen LogP contribution in [0.15, 0.2) is 54.2 Å². The van der Waals surface area contributed by atoms with Crippen molar-refractivity contribution in [2.75, 3.05) is 0 Å². The predicted octanol–water partition coefficient (Wildman–Crippen LogP) is 4.98. The molecule has 0 unspecified atom stereocenters. The predicted molar refractivity (Wildman–Crippen MR) is 82.3 cm³/mol. The van der Waals surface area contributed by atoms with Gasteiger partial charge < -0.3 is 0 Å². The van der Waals surface area contributed by atoms with Gasteiger partial charge in [0, 0.05) is 0 Å². The van der Waals surface area contributed by atoms with Gasteiger partial charge in [0.1, 0.15) is 0 Å². The van der Waals surface area contributed by atoms with Gasteiger partial charge in [-0.3, -0.25) is 0 Å². The van der Waals surface area contributed by atoms with E-state index in [1.54, 1.807) is 0 Å². The van der Waals surface area contributed by atoms with Gasteiger partial charge in [-0.05, 0) is 27.8 Å². The lowest BCUT2D eigenvalue weighted by molar-refractivity contribution is 1.65. The fraction of sp³-hybridized carbons (Fsp3) is 0.176. The van der Waals surface area contributed by atoms with Crippen LogP contribution in [0, 0.1) is 0 Å². The Bertz CT molecular complexity index is 583. The Hall–Kier alpha value is -1.60. The van der Waals surface area contributed by atoms with Crippen LogP contribution in [-0.2, 0) is 0 Å². The molecule has 0 spiro atoms. The molecule has 1 heteroatoms. The average Bonchev–Trinajstić information content (AvgIpc) is 2.64. The molecular formula is C17H18Si. The summed E-state index contributed by atoms with van der Waals surface area (Å²) in [4.78, 5) is 0. The summed E-state index contributed by atoms with van der Waals surface area (Å²) in [5.41, 5.74) is 9.55. The molecule has 0 radical (unpaired) electrons. The number of rotatable bonds is 1. The summed E-state index contributed by atoms with van der Waals surface area (Å²) in [5.74, 6) is 0. The molecule has 2 aromatic rings. The smallest absolute Gasteiger partial charge is 0.0695 e. The van der Waals surface area contributed by atoms with Gasteiger partial charge in [0.15, 0.2) is 0 Å². The SMILES string of the molecule is C[Si](C)(C)C=C1c2ccccc2-c2ccccc21. The molecule has 0 nitrogen and oxygen atoms in total. The van der Waals surface area contributed by atoms with Crippen LogP contribution in [0.5, 0.6) is 0 Å². The highest BCUT2D eigenvalue weighted by molar-refractivity contribution is 6.82. The highest BCUT2D eigenvalue weighted by Gasteiger charge is 2.24. The molecule has 1 aliphatic rings. The van der Waals surface area contributed by atoms with E-state index in [2.05, 4.69) is 73.9 Å². The molecule has 3 rings (SSSR count). The van der Waals surface area contributed by atoms with Crippen LogP contribution in [0.4, 0.5) is 0 Å². The van der Waals surface area contributed by atoms with E-state index in [0.29, 0.717) is 0 Å². The standard InChI is InChI=1S/C17H18Si/c1-18(2,3)12-17-15-10-6-4-8-13(15)14-9-5-7-11-16(14)17/h4-12H,1-3H3. The first-order valence-corrected chi connectivity index (χ1v) is 10.1. The average molecular weight is 250 g/mol. The first-order chi connectivity index (χ1) is 8.56. The molecule has 0 aliphatic heterocycles. The molecule has 0 aromatic heterocycles. The third-order valence-corrected chi connectivity index (χ3v) is 4.46.